The van der Waals surface area contributed by atoms with Crippen LogP contribution < -0.4 is 0 Å². The summed E-state index contributed by atoms with van der Waals surface area (Å²) in [7, 11) is 0. The van der Waals surface area contributed by atoms with Gasteiger partial charge >= 0.3 is 0 Å². The fraction of sp³-hybridized carbons (Fsp3) is 0.200. The third-order valence-corrected chi connectivity index (χ3v) is 3.04. The molecule has 0 spiro atoms. The van der Waals surface area contributed by atoms with E-state index in [9.17, 15) is 0 Å². The van der Waals surface area contributed by atoms with Crippen molar-refractivity contribution >= 4 is 0 Å². The highest BCUT2D eigenvalue weighted by Gasteiger charge is 2.42. The van der Waals surface area contributed by atoms with E-state index in [-0.39, 0.29) is 0 Å². The van der Waals surface area contributed by atoms with E-state index in [1.807, 2.05) is 0 Å². The van der Waals surface area contributed by atoms with Crippen molar-refractivity contribution in [2.75, 3.05) is 0 Å². The van der Waals surface area contributed by atoms with Gasteiger partial charge in [0.2, 0.25) is 0 Å². The van der Waals surface area contributed by atoms with E-state index in [1.54, 1.807) is 33.4 Å². The van der Waals surface area contributed by atoms with E-state index >= 15 is 0 Å². The summed E-state index contributed by atoms with van der Waals surface area (Å²) >= 11 is 0. The van der Waals surface area contributed by atoms with E-state index in [4.69, 9.17) is 0 Å². The Hall–Kier alpha value is -1.04. The Kier molecular flexibility index (Phi) is 0.348. The Balaban J connectivity index is 2.27. The lowest BCUT2D eigenvalue weighted by Gasteiger charge is -2.13. The molecule has 10 heavy (non-hydrogen) atoms. The minimum atomic E-state index is 1.25. The van der Waals surface area contributed by atoms with Crippen LogP contribution in [0.3, 0.4) is 0 Å². The van der Waals surface area contributed by atoms with Crippen molar-refractivity contribution in [3.8, 4) is 0 Å². The molecular formula is C10H6. The van der Waals surface area contributed by atoms with E-state index in [2.05, 4.69) is 12.2 Å². The quantitative estimate of drug-likeness (QED) is 0.467. The monoisotopic (exact) mass is 126 g/mol. The Bertz CT molecular complexity index is 398. The van der Waals surface area contributed by atoms with E-state index in [1.165, 1.54) is 12.8 Å². The molecule has 0 saturated heterocycles. The van der Waals surface area contributed by atoms with Gasteiger partial charge in [0.15, 0.2) is 0 Å². The van der Waals surface area contributed by atoms with E-state index < -0.39 is 0 Å². The van der Waals surface area contributed by atoms with Crippen molar-refractivity contribution in [1.82, 2.24) is 0 Å². The molecule has 2 bridgehead atoms. The largest absolute Gasteiger partial charge is 0.0542 e. The number of rotatable bonds is 0. The smallest absolute Gasteiger partial charge is 0.00104 e. The van der Waals surface area contributed by atoms with Crippen LogP contribution in [-0.4, -0.2) is 0 Å². The van der Waals surface area contributed by atoms with Crippen LogP contribution in [0.25, 0.3) is 0 Å². The molecule has 4 aliphatic rings. The second kappa shape index (κ2) is 0.878. The average molecular weight is 126 g/mol. The second-order valence-corrected chi connectivity index (χ2v) is 3.49. The van der Waals surface area contributed by atoms with Crippen LogP contribution in [0, 0.1) is 0 Å². The van der Waals surface area contributed by atoms with Crippen molar-refractivity contribution in [2.45, 2.75) is 12.8 Å². The Morgan fingerprint density at radius 1 is 1.00 bits per heavy atom. The first-order valence-corrected chi connectivity index (χ1v) is 3.82. The molecule has 0 unspecified atom stereocenters. The van der Waals surface area contributed by atoms with Crippen LogP contribution >= 0.6 is 0 Å². The molecule has 0 nitrogen and oxygen atoms in total. The maximum Gasteiger partial charge on any atom is -0.00104 e. The van der Waals surface area contributed by atoms with Gasteiger partial charge in [-0.3, -0.25) is 0 Å². The summed E-state index contributed by atoms with van der Waals surface area (Å²) in [6.07, 6.45) is 7.27. The molecule has 46 valence electrons. The molecule has 0 atom stereocenters. The lowest BCUT2D eigenvalue weighted by molar-refractivity contribution is 1.22. The molecular weight excluding hydrogens is 120 g/mol. The van der Waals surface area contributed by atoms with Crippen LogP contribution in [0.1, 0.15) is 12.8 Å². The van der Waals surface area contributed by atoms with Crippen LogP contribution in [0.4, 0.5) is 0 Å². The van der Waals surface area contributed by atoms with Crippen molar-refractivity contribution in [1.29, 1.82) is 0 Å². The van der Waals surface area contributed by atoms with Crippen molar-refractivity contribution in [3.05, 3.63) is 45.6 Å². The SMILES string of the molecule is C1=C2CC3=C1CC1=C3C2=C1. The van der Waals surface area contributed by atoms with Gasteiger partial charge < -0.3 is 0 Å². The van der Waals surface area contributed by atoms with Crippen LogP contribution in [0.2, 0.25) is 0 Å². The highest BCUT2D eigenvalue weighted by molar-refractivity contribution is 5.84. The maximum absolute atomic E-state index is 2.39. The third kappa shape index (κ3) is 0.202. The molecule has 0 heterocycles. The lowest BCUT2D eigenvalue weighted by Crippen LogP contribution is -1.95. The molecule has 0 radical (unpaired) electrons. The second-order valence-electron chi connectivity index (χ2n) is 3.49. The summed E-state index contributed by atoms with van der Waals surface area (Å²) in [5.74, 6) is 0. The number of allylic oxidation sites excluding steroid dienone is 8. The van der Waals surface area contributed by atoms with Gasteiger partial charge in [-0.15, -0.1) is 0 Å². The Morgan fingerprint density at radius 3 is 2.90 bits per heavy atom. The number of fused-ring (bicyclic) bond motifs is 2. The topological polar surface area (TPSA) is 0 Å². The molecule has 0 heteroatoms. The molecule has 0 aromatic heterocycles. The molecule has 0 aromatic rings. The minimum absolute atomic E-state index is 1.25. The highest BCUT2D eigenvalue weighted by Crippen LogP contribution is 2.59. The zero-order chi connectivity index (χ0) is 6.29. The van der Waals surface area contributed by atoms with Gasteiger partial charge in [0.05, 0.1) is 0 Å². The standard InChI is InChI=1S/C10H6/c1-5-2-7-4-9-6(1)3-8(5)10(7)9/h1,4H,2-3H2. The molecule has 0 amide bonds. The van der Waals surface area contributed by atoms with E-state index in [0.717, 1.165) is 0 Å². The normalized spacial score (nSPS) is 29.6. The first-order chi connectivity index (χ1) is 4.93. The summed E-state index contributed by atoms with van der Waals surface area (Å²) < 4.78 is 0. The van der Waals surface area contributed by atoms with Gasteiger partial charge in [-0.1, -0.05) is 6.08 Å². The molecule has 1 saturated carbocycles. The molecule has 4 rings (SSSR count). The first kappa shape index (κ1) is 3.97. The van der Waals surface area contributed by atoms with Gasteiger partial charge in [-0.2, -0.15) is 0 Å². The van der Waals surface area contributed by atoms with Gasteiger partial charge in [0.1, 0.15) is 0 Å². The summed E-state index contributed by atoms with van der Waals surface area (Å²) in [6.45, 7) is 0. The van der Waals surface area contributed by atoms with Gasteiger partial charge in [0.25, 0.3) is 0 Å². The number of hydrogen-bond acceptors (Lipinski definition) is 0. The third-order valence-electron chi connectivity index (χ3n) is 3.04. The fourth-order valence-electron chi connectivity index (χ4n) is 2.60. The van der Waals surface area contributed by atoms with Crippen LogP contribution in [-0.2, 0) is 0 Å². The molecule has 0 aromatic carbocycles. The summed E-state index contributed by atoms with van der Waals surface area (Å²) in [5, 5.41) is 0. The number of hydrogen-bond donors (Lipinski definition) is 0. The predicted molar refractivity (Wildman–Crippen MR) is 39.5 cm³/mol. The van der Waals surface area contributed by atoms with Crippen LogP contribution in [0.15, 0.2) is 45.6 Å². The molecule has 1 fully saturated rings. The fourth-order valence-corrected chi connectivity index (χ4v) is 2.60. The van der Waals surface area contributed by atoms with Gasteiger partial charge in [-0.05, 0) is 52.4 Å². The Morgan fingerprint density at radius 2 is 2.00 bits per heavy atom. The lowest BCUT2D eigenvalue weighted by atomic mass is 9.91. The molecule has 0 aliphatic heterocycles. The minimum Gasteiger partial charge on any atom is -0.0542 e. The summed E-state index contributed by atoms with van der Waals surface area (Å²) in [4.78, 5) is 0. The van der Waals surface area contributed by atoms with Gasteiger partial charge in [-0.25, -0.2) is 0 Å². The zero-order valence-electron chi connectivity index (χ0n) is 5.57. The van der Waals surface area contributed by atoms with Crippen molar-refractivity contribution in [3.63, 3.8) is 0 Å². The van der Waals surface area contributed by atoms with E-state index in [0.29, 0.717) is 0 Å². The van der Waals surface area contributed by atoms with Gasteiger partial charge in [0, 0.05) is 0 Å². The Labute approximate surface area is 59.2 Å². The first-order valence-electron chi connectivity index (χ1n) is 3.82. The average Bonchev–Trinajstić information content (AvgIpc) is 2.22. The molecule has 0 N–H and O–H groups in total. The van der Waals surface area contributed by atoms with Crippen molar-refractivity contribution in [2.24, 2.45) is 0 Å². The highest BCUT2D eigenvalue weighted by atomic mass is 14.5. The summed E-state index contributed by atoms with van der Waals surface area (Å²) in [5.41, 5.74) is 9.73. The maximum atomic E-state index is 2.39. The summed E-state index contributed by atoms with van der Waals surface area (Å²) in [6, 6.07) is 0. The van der Waals surface area contributed by atoms with Crippen molar-refractivity contribution < 1.29 is 0 Å². The van der Waals surface area contributed by atoms with Crippen LogP contribution in [0.5, 0.6) is 0 Å². The zero-order valence-corrected chi connectivity index (χ0v) is 5.57. The predicted octanol–water partition coefficient (Wildman–Crippen LogP) is 2.27. The molecule has 4 aliphatic carbocycles.